The highest BCUT2D eigenvalue weighted by Gasteiger charge is 2.20. The number of ether oxygens (including phenoxy) is 3. The number of carbonyl (C=O) groups excluding carboxylic acids is 2. The molecule has 0 saturated heterocycles. The summed E-state index contributed by atoms with van der Waals surface area (Å²) in [6.07, 6.45) is 0.0225. The molecule has 9 nitrogen and oxygen atoms in total. The topological polar surface area (TPSA) is 109 Å². The maximum absolute atomic E-state index is 13.0. The van der Waals surface area contributed by atoms with E-state index in [9.17, 15) is 14.4 Å². The second kappa shape index (κ2) is 9.95. The highest BCUT2D eigenvalue weighted by Crippen LogP contribution is 2.32. The van der Waals surface area contributed by atoms with Crippen LogP contribution < -0.4 is 20.3 Å². The number of hydrogen-bond acceptors (Lipinski definition) is 8. The van der Waals surface area contributed by atoms with E-state index in [1.54, 1.807) is 37.3 Å². The summed E-state index contributed by atoms with van der Waals surface area (Å²) < 4.78 is 16.8. The monoisotopic (exact) mass is 469 g/mol. The van der Waals surface area contributed by atoms with Gasteiger partial charge in [0.1, 0.15) is 0 Å². The van der Waals surface area contributed by atoms with Crippen LogP contribution in [0.5, 0.6) is 11.5 Å². The fourth-order valence-corrected chi connectivity index (χ4v) is 4.29. The van der Waals surface area contributed by atoms with Crippen LogP contribution >= 0.6 is 11.8 Å². The first-order valence-electron chi connectivity index (χ1n) is 10.4. The Morgan fingerprint density at radius 3 is 2.82 bits per heavy atom. The van der Waals surface area contributed by atoms with Crippen LogP contribution in [0.25, 0.3) is 10.9 Å². The number of benzene rings is 2. The van der Waals surface area contributed by atoms with Crippen molar-refractivity contribution in [1.29, 1.82) is 0 Å². The molecule has 1 atom stereocenters. The van der Waals surface area contributed by atoms with E-state index in [4.69, 9.17) is 14.2 Å². The highest BCUT2D eigenvalue weighted by atomic mass is 32.2. The van der Waals surface area contributed by atoms with E-state index in [1.165, 1.54) is 11.7 Å². The number of esters is 1. The smallest absolute Gasteiger partial charge is 0.307 e. The van der Waals surface area contributed by atoms with Crippen LogP contribution in [0.15, 0.2) is 52.4 Å². The minimum Gasteiger partial charge on any atom is -0.469 e. The van der Waals surface area contributed by atoms with Gasteiger partial charge in [-0.3, -0.25) is 19.0 Å². The van der Waals surface area contributed by atoms with E-state index in [0.29, 0.717) is 34.1 Å². The molecule has 2 aromatic carbocycles. The molecule has 1 aromatic heterocycles. The molecule has 10 heteroatoms. The number of fused-ring (bicyclic) bond motifs is 2. The minimum atomic E-state index is -0.531. The molecule has 0 aliphatic carbocycles. The van der Waals surface area contributed by atoms with Gasteiger partial charge in [0, 0.05) is 13.1 Å². The molecule has 3 aromatic rings. The van der Waals surface area contributed by atoms with Crippen molar-refractivity contribution in [2.45, 2.75) is 36.8 Å². The number of amides is 1. The summed E-state index contributed by atoms with van der Waals surface area (Å²) in [5.74, 6) is 0.695. The van der Waals surface area contributed by atoms with Crippen LogP contribution in [0.3, 0.4) is 0 Å². The predicted molar refractivity (Wildman–Crippen MR) is 122 cm³/mol. The van der Waals surface area contributed by atoms with Gasteiger partial charge in [-0.25, -0.2) is 4.98 Å². The average Bonchev–Trinajstić information content (AvgIpc) is 3.30. The standard InChI is InChI=1S/C23H23N3O6S/c1-14(21(28)24-12-15-7-8-18-19(11-15)32-13-31-18)33-23-25-17-6-4-3-5-16(17)22(29)26(23)10-9-20(27)30-2/h3-8,11,14H,9-10,12-13H2,1-2H3,(H,24,28)/t14-/m0/s1. The summed E-state index contributed by atoms with van der Waals surface area (Å²) in [6, 6.07) is 12.5. The molecule has 0 fully saturated rings. The summed E-state index contributed by atoms with van der Waals surface area (Å²) in [7, 11) is 1.30. The molecule has 172 valence electrons. The summed E-state index contributed by atoms with van der Waals surface area (Å²) in [5.41, 5.74) is 1.15. The molecule has 1 aliphatic rings. The molecule has 0 spiro atoms. The number of aromatic nitrogens is 2. The fraction of sp³-hybridized carbons (Fsp3) is 0.304. The molecular weight excluding hydrogens is 446 g/mol. The Bertz CT molecular complexity index is 1260. The molecule has 0 radical (unpaired) electrons. The maximum Gasteiger partial charge on any atom is 0.307 e. The number of para-hydroxylation sites is 1. The van der Waals surface area contributed by atoms with Gasteiger partial charge in [0.2, 0.25) is 12.7 Å². The lowest BCUT2D eigenvalue weighted by atomic mass is 10.2. The second-order valence-corrected chi connectivity index (χ2v) is 8.67. The molecule has 0 saturated carbocycles. The quantitative estimate of drug-likeness (QED) is 0.305. The van der Waals surface area contributed by atoms with Gasteiger partial charge >= 0.3 is 5.97 Å². The van der Waals surface area contributed by atoms with E-state index < -0.39 is 11.2 Å². The van der Waals surface area contributed by atoms with Gasteiger partial charge in [-0.2, -0.15) is 0 Å². The normalized spacial score (nSPS) is 13.0. The zero-order chi connectivity index (χ0) is 23.4. The Balaban J connectivity index is 1.49. The second-order valence-electron chi connectivity index (χ2n) is 7.36. The Kier molecular flexibility index (Phi) is 6.83. The lowest BCUT2D eigenvalue weighted by molar-refractivity contribution is -0.140. The van der Waals surface area contributed by atoms with Crippen LogP contribution in [-0.2, 0) is 27.4 Å². The van der Waals surface area contributed by atoms with E-state index in [2.05, 4.69) is 10.3 Å². The van der Waals surface area contributed by atoms with Gasteiger partial charge in [0.25, 0.3) is 5.56 Å². The van der Waals surface area contributed by atoms with Gasteiger partial charge < -0.3 is 19.5 Å². The summed E-state index contributed by atoms with van der Waals surface area (Å²) in [5, 5.41) is 3.18. The molecule has 1 amide bonds. The Hall–Kier alpha value is -3.53. The number of hydrogen-bond donors (Lipinski definition) is 1. The Labute approximate surface area is 194 Å². The van der Waals surface area contributed by atoms with Crippen LogP contribution in [-0.4, -0.2) is 40.6 Å². The van der Waals surface area contributed by atoms with Gasteiger partial charge in [0.15, 0.2) is 16.7 Å². The molecule has 1 N–H and O–H groups in total. The lowest BCUT2D eigenvalue weighted by Gasteiger charge is -2.16. The van der Waals surface area contributed by atoms with E-state index in [1.807, 2.05) is 12.1 Å². The van der Waals surface area contributed by atoms with Gasteiger partial charge in [-0.05, 0) is 36.8 Å². The van der Waals surface area contributed by atoms with E-state index in [-0.39, 0.29) is 31.2 Å². The highest BCUT2D eigenvalue weighted by molar-refractivity contribution is 8.00. The summed E-state index contributed by atoms with van der Waals surface area (Å²) in [6.45, 7) is 2.36. The minimum absolute atomic E-state index is 0.0225. The Morgan fingerprint density at radius 1 is 1.21 bits per heavy atom. The average molecular weight is 470 g/mol. The molecule has 4 rings (SSSR count). The van der Waals surface area contributed by atoms with Gasteiger partial charge in [0.05, 0.1) is 29.7 Å². The van der Waals surface area contributed by atoms with Crippen molar-refractivity contribution in [3.63, 3.8) is 0 Å². The van der Waals surface area contributed by atoms with Crippen molar-refractivity contribution >= 4 is 34.5 Å². The molecule has 0 bridgehead atoms. The third kappa shape index (κ3) is 5.11. The van der Waals surface area contributed by atoms with Crippen LogP contribution in [0, 0.1) is 0 Å². The number of nitrogens with zero attached hydrogens (tertiary/aromatic N) is 2. The third-order valence-corrected chi connectivity index (χ3v) is 6.24. The van der Waals surface area contributed by atoms with Crippen molar-refractivity contribution < 1.29 is 23.8 Å². The maximum atomic E-state index is 13.0. The predicted octanol–water partition coefficient (Wildman–Crippen LogP) is 2.49. The molecular formula is C23H23N3O6S. The zero-order valence-electron chi connectivity index (χ0n) is 18.2. The molecule has 2 heterocycles. The molecule has 0 unspecified atom stereocenters. The van der Waals surface area contributed by atoms with Crippen LogP contribution in [0.1, 0.15) is 18.9 Å². The van der Waals surface area contributed by atoms with Crippen LogP contribution in [0.4, 0.5) is 0 Å². The SMILES string of the molecule is COC(=O)CCn1c(S[C@@H](C)C(=O)NCc2ccc3c(c2)OCO3)nc2ccccc2c1=O. The van der Waals surface area contributed by atoms with Crippen LogP contribution in [0.2, 0.25) is 0 Å². The fourth-order valence-electron chi connectivity index (χ4n) is 3.34. The first-order valence-corrected chi connectivity index (χ1v) is 11.2. The van der Waals surface area contributed by atoms with Crippen molar-refractivity contribution in [2.75, 3.05) is 13.9 Å². The summed E-state index contributed by atoms with van der Waals surface area (Å²) >= 11 is 1.16. The van der Waals surface area contributed by atoms with Gasteiger partial charge in [-0.15, -0.1) is 0 Å². The number of methoxy groups -OCH3 is 1. The van der Waals surface area contributed by atoms with Crippen molar-refractivity contribution in [2.24, 2.45) is 0 Å². The largest absolute Gasteiger partial charge is 0.469 e. The first kappa shape index (κ1) is 22.7. The zero-order valence-corrected chi connectivity index (χ0v) is 19.0. The van der Waals surface area contributed by atoms with Crippen molar-refractivity contribution in [1.82, 2.24) is 14.9 Å². The Morgan fingerprint density at radius 2 is 2.00 bits per heavy atom. The third-order valence-electron chi connectivity index (χ3n) is 5.15. The number of carbonyl (C=O) groups is 2. The summed E-state index contributed by atoms with van der Waals surface area (Å²) in [4.78, 5) is 42.0. The van der Waals surface area contributed by atoms with Gasteiger partial charge in [-0.1, -0.05) is 30.0 Å². The number of thioether (sulfide) groups is 1. The number of rotatable bonds is 8. The first-order chi connectivity index (χ1) is 16.0. The number of nitrogens with one attached hydrogen (secondary N) is 1. The van der Waals surface area contributed by atoms with Crippen molar-refractivity contribution in [3.05, 3.63) is 58.4 Å². The molecule has 33 heavy (non-hydrogen) atoms. The van der Waals surface area contributed by atoms with E-state index >= 15 is 0 Å². The molecule has 1 aliphatic heterocycles. The van der Waals surface area contributed by atoms with E-state index in [0.717, 1.165) is 17.3 Å². The lowest BCUT2D eigenvalue weighted by Crippen LogP contribution is -2.32. The van der Waals surface area contributed by atoms with Crippen molar-refractivity contribution in [3.8, 4) is 11.5 Å².